The van der Waals surface area contributed by atoms with E-state index < -0.39 is 30.1 Å². The van der Waals surface area contributed by atoms with Crippen molar-refractivity contribution in [3.63, 3.8) is 0 Å². The van der Waals surface area contributed by atoms with Gasteiger partial charge in [-0.3, -0.25) is 4.79 Å². The van der Waals surface area contributed by atoms with Gasteiger partial charge in [-0.25, -0.2) is 0 Å². The van der Waals surface area contributed by atoms with E-state index in [9.17, 15) is 18.0 Å². The van der Waals surface area contributed by atoms with Gasteiger partial charge in [0.05, 0.1) is 5.92 Å². The summed E-state index contributed by atoms with van der Waals surface area (Å²) in [6.07, 6.45) is -2.48. The number of hydrogen-bond donors (Lipinski definition) is 2. The molecule has 0 aromatic rings. The Bertz CT molecular complexity index is 255. The number of halogens is 3. The number of alkyl halides is 3. The predicted molar refractivity (Wildman–Crippen MR) is 52.0 cm³/mol. The van der Waals surface area contributed by atoms with Crippen LogP contribution in [0.1, 0.15) is 32.6 Å². The van der Waals surface area contributed by atoms with E-state index in [0.717, 1.165) is 6.42 Å². The molecule has 3 nitrogen and oxygen atoms in total. The first-order chi connectivity index (χ1) is 7.32. The minimum Gasteiger partial charge on any atom is -0.480 e. The van der Waals surface area contributed by atoms with Gasteiger partial charge in [-0.2, -0.15) is 13.2 Å². The number of carboxylic acids is 1. The molecule has 0 radical (unpaired) electrons. The van der Waals surface area contributed by atoms with Crippen molar-refractivity contribution in [1.82, 2.24) is 5.32 Å². The van der Waals surface area contributed by atoms with E-state index in [2.05, 4.69) is 5.32 Å². The molecule has 1 rings (SSSR count). The van der Waals surface area contributed by atoms with Gasteiger partial charge in [0.1, 0.15) is 6.04 Å². The fourth-order valence-corrected chi connectivity index (χ4v) is 2.11. The summed E-state index contributed by atoms with van der Waals surface area (Å²) in [6.45, 7) is 1.37. The summed E-state index contributed by atoms with van der Waals surface area (Å²) in [7, 11) is 0. The quantitative estimate of drug-likeness (QED) is 0.793. The summed E-state index contributed by atoms with van der Waals surface area (Å²) >= 11 is 0. The topological polar surface area (TPSA) is 49.3 Å². The molecular formula is C10H16F3NO2. The molecule has 0 aliphatic heterocycles. The Morgan fingerprint density at radius 2 is 1.94 bits per heavy atom. The van der Waals surface area contributed by atoms with Crippen LogP contribution in [0.15, 0.2) is 0 Å². The van der Waals surface area contributed by atoms with E-state index >= 15 is 0 Å². The van der Waals surface area contributed by atoms with E-state index in [4.69, 9.17) is 5.11 Å². The monoisotopic (exact) mass is 239 g/mol. The molecule has 0 heterocycles. The Morgan fingerprint density at radius 3 is 2.44 bits per heavy atom. The standard InChI is InChI=1S/C10H16F3NO2/c1-6(9(15)16)14-8-5-3-2-4-7(8)10(11,12)13/h6-8,14H,2-5H2,1H3,(H,15,16). The van der Waals surface area contributed by atoms with Gasteiger partial charge in [0.2, 0.25) is 0 Å². The van der Waals surface area contributed by atoms with Crippen molar-refractivity contribution < 1.29 is 23.1 Å². The highest BCUT2D eigenvalue weighted by Crippen LogP contribution is 2.37. The Labute approximate surface area is 92.0 Å². The van der Waals surface area contributed by atoms with Crippen molar-refractivity contribution in [3.8, 4) is 0 Å². The van der Waals surface area contributed by atoms with Crippen LogP contribution in [0, 0.1) is 5.92 Å². The molecule has 3 unspecified atom stereocenters. The van der Waals surface area contributed by atoms with E-state index in [1.807, 2.05) is 0 Å². The minimum atomic E-state index is -4.24. The zero-order valence-electron chi connectivity index (χ0n) is 9.05. The molecular weight excluding hydrogens is 223 g/mol. The zero-order valence-corrected chi connectivity index (χ0v) is 9.05. The van der Waals surface area contributed by atoms with E-state index in [1.165, 1.54) is 6.92 Å². The summed E-state index contributed by atoms with van der Waals surface area (Å²) in [6, 6.07) is -1.70. The van der Waals surface area contributed by atoms with Crippen LogP contribution in [0.25, 0.3) is 0 Å². The summed E-state index contributed by atoms with van der Waals surface area (Å²) in [5, 5.41) is 11.2. The Hall–Kier alpha value is -0.780. The maximum atomic E-state index is 12.7. The molecule has 0 saturated heterocycles. The normalized spacial score (nSPS) is 28.8. The van der Waals surface area contributed by atoms with Crippen molar-refractivity contribution in [2.75, 3.05) is 0 Å². The van der Waals surface area contributed by atoms with Crippen LogP contribution < -0.4 is 5.32 Å². The number of hydrogen-bond acceptors (Lipinski definition) is 2. The molecule has 0 spiro atoms. The molecule has 1 aliphatic rings. The smallest absolute Gasteiger partial charge is 0.393 e. The van der Waals surface area contributed by atoms with Gasteiger partial charge < -0.3 is 10.4 Å². The van der Waals surface area contributed by atoms with Crippen LogP contribution in [0.5, 0.6) is 0 Å². The fourth-order valence-electron chi connectivity index (χ4n) is 2.11. The van der Waals surface area contributed by atoms with Gasteiger partial charge >= 0.3 is 12.1 Å². The van der Waals surface area contributed by atoms with Crippen molar-refractivity contribution >= 4 is 5.97 Å². The molecule has 0 amide bonds. The third kappa shape index (κ3) is 3.37. The Morgan fingerprint density at radius 1 is 1.38 bits per heavy atom. The third-order valence-corrected chi connectivity index (χ3v) is 3.02. The molecule has 6 heteroatoms. The van der Waals surface area contributed by atoms with E-state index in [1.54, 1.807) is 0 Å². The first-order valence-electron chi connectivity index (χ1n) is 5.38. The lowest BCUT2D eigenvalue weighted by Crippen LogP contribution is -2.50. The van der Waals surface area contributed by atoms with Crippen LogP contribution in [0.3, 0.4) is 0 Å². The highest BCUT2D eigenvalue weighted by Gasteiger charge is 2.45. The van der Waals surface area contributed by atoms with Crippen LogP contribution in [-0.2, 0) is 4.79 Å². The highest BCUT2D eigenvalue weighted by atomic mass is 19.4. The Kier molecular flexibility index (Phi) is 4.18. The maximum Gasteiger partial charge on any atom is 0.393 e. The predicted octanol–water partition coefficient (Wildman–Crippen LogP) is 2.17. The fraction of sp³-hybridized carbons (Fsp3) is 0.900. The molecule has 2 N–H and O–H groups in total. The lowest BCUT2D eigenvalue weighted by atomic mass is 9.83. The lowest BCUT2D eigenvalue weighted by molar-refractivity contribution is -0.190. The number of rotatable bonds is 3. The summed E-state index contributed by atoms with van der Waals surface area (Å²) in [5.74, 6) is -2.53. The minimum absolute atomic E-state index is 0.0908. The average molecular weight is 239 g/mol. The van der Waals surface area contributed by atoms with Gasteiger partial charge in [0, 0.05) is 6.04 Å². The molecule has 0 bridgehead atoms. The van der Waals surface area contributed by atoms with Crippen molar-refractivity contribution in [2.24, 2.45) is 5.92 Å². The zero-order chi connectivity index (χ0) is 12.3. The number of carboxylic acid groups (broad SMARTS) is 1. The largest absolute Gasteiger partial charge is 0.480 e. The Balaban J connectivity index is 2.64. The number of aliphatic carboxylic acids is 1. The van der Waals surface area contributed by atoms with Gasteiger partial charge in [-0.1, -0.05) is 12.8 Å². The van der Waals surface area contributed by atoms with Crippen LogP contribution >= 0.6 is 0 Å². The van der Waals surface area contributed by atoms with Gasteiger partial charge in [-0.05, 0) is 19.8 Å². The molecule has 16 heavy (non-hydrogen) atoms. The molecule has 1 saturated carbocycles. The van der Waals surface area contributed by atoms with E-state index in [0.29, 0.717) is 12.8 Å². The maximum absolute atomic E-state index is 12.7. The molecule has 3 atom stereocenters. The van der Waals surface area contributed by atoms with Crippen LogP contribution in [0.2, 0.25) is 0 Å². The van der Waals surface area contributed by atoms with Crippen molar-refractivity contribution in [2.45, 2.75) is 50.9 Å². The summed E-state index contributed by atoms with van der Waals surface area (Å²) in [5.41, 5.74) is 0. The van der Waals surface area contributed by atoms with Crippen molar-refractivity contribution in [1.29, 1.82) is 0 Å². The molecule has 0 aromatic carbocycles. The SMILES string of the molecule is CC(NC1CCCCC1C(F)(F)F)C(=O)O. The summed E-state index contributed by atoms with van der Waals surface area (Å²) < 4.78 is 38.0. The van der Waals surface area contributed by atoms with Gasteiger partial charge in [0.25, 0.3) is 0 Å². The first-order valence-corrected chi connectivity index (χ1v) is 5.38. The number of nitrogens with one attached hydrogen (secondary N) is 1. The van der Waals surface area contributed by atoms with Gasteiger partial charge in [0.15, 0.2) is 0 Å². The second kappa shape index (κ2) is 5.03. The summed E-state index contributed by atoms with van der Waals surface area (Å²) in [4.78, 5) is 10.6. The molecule has 1 aliphatic carbocycles. The van der Waals surface area contributed by atoms with Crippen LogP contribution in [0.4, 0.5) is 13.2 Å². The van der Waals surface area contributed by atoms with Gasteiger partial charge in [-0.15, -0.1) is 0 Å². The number of carbonyl (C=O) groups is 1. The van der Waals surface area contributed by atoms with Crippen molar-refractivity contribution in [3.05, 3.63) is 0 Å². The molecule has 1 fully saturated rings. The third-order valence-electron chi connectivity index (χ3n) is 3.02. The van der Waals surface area contributed by atoms with Crippen LogP contribution in [-0.4, -0.2) is 29.3 Å². The molecule has 94 valence electrons. The first kappa shape index (κ1) is 13.3. The van der Waals surface area contributed by atoms with E-state index in [-0.39, 0.29) is 6.42 Å². The highest BCUT2D eigenvalue weighted by molar-refractivity contribution is 5.72. The second-order valence-electron chi connectivity index (χ2n) is 4.27. The lowest BCUT2D eigenvalue weighted by Gasteiger charge is -2.34. The molecule has 0 aromatic heterocycles. The second-order valence-corrected chi connectivity index (χ2v) is 4.27. The average Bonchev–Trinajstić information content (AvgIpc) is 2.16.